The van der Waals surface area contributed by atoms with Gasteiger partial charge in [0.2, 0.25) is 5.89 Å². The monoisotopic (exact) mass is 248 g/mol. The van der Waals surface area contributed by atoms with Crippen molar-refractivity contribution in [3.8, 4) is 5.75 Å². The van der Waals surface area contributed by atoms with Crippen LogP contribution >= 0.6 is 11.8 Å². The molecule has 1 aliphatic carbocycles. The average molecular weight is 248 g/mol. The van der Waals surface area contributed by atoms with Crippen LogP contribution in [0.25, 0.3) is 0 Å². The van der Waals surface area contributed by atoms with E-state index in [4.69, 9.17) is 4.52 Å². The summed E-state index contributed by atoms with van der Waals surface area (Å²) in [6.45, 7) is 0. The van der Waals surface area contributed by atoms with Crippen LogP contribution in [0.5, 0.6) is 5.75 Å². The van der Waals surface area contributed by atoms with E-state index in [1.54, 1.807) is 23.9 Å². The van der Waals surface area contributed by atoms with Crippen LogP contribution in [0.3, 0.4) is 0 Å². The van der Waals surface area contributed by atoms with Gasteiger partial charge in [0.1, 0.15) is 5.75 Å². The van der Waals surface area contributed by atoms with Crippen LogP contribution in [-0.4, -0.2) is 15.2 Å². The predicted molar refractivity (Wildman–Crippen MR) is 63.9 cm³/mol. The van der Waals surface area contributed by atoms with E-state index in [2.05, 4.69) is 10.1 Å². The molecule has 0 bridgehead atoms. The molecule has 0 amide bonds. The maximum atomic E-state index is 9.33. The van der Waals surface area contributed by atoms with Crippen molar-refractivity contribution >= 4 is 11.8 Å². The summed E-state index contributed by atoms with van der Waals surface area (Å²) in [6.07, 6.45) is 2.36. The van der Waals surface area contributed by atoms with Crippen molar-refractivity contribution in [1.82, 2.24) is 10.1 Å². The summed E-state index contributed by atoms with van der Waals surface area (Å²) in [7, 11) is 0. The maximum Gasteiger partial charge on any atom is 0.237 e. The van der Waals surface area contributed by atoms with Crippen molar-refractivity contribution < 1.29 is 9.63 Å². The Labute approximate surface area is 103 Å². The molecule has 88 valence electrons. The fourth-order valence-electron chi connectivity index (χ4n) is 1.55. The van der Waals surface area contributed by atoms with Crippen LogP contribution in [0.2, 0.25) is 0 Å². The first-order chi connectivity index (χ1) is 8.31. The number of nitrogens with zero attached hydrogens (tertiary/aromatic N) is 2. The van der Waals surface area contributed by atoms with Gasteiger partial charge in [0.25, 0.3) is 0 Å². The van der Waals surface area contributed by atoms with Crippen LogP contribution in [0.15, 0.2) is 33.7 Å². The lowest BCUT2D eigenvalue weighted by atomic mass is 10.3. The fraction of sp³-hybridized carbons (Fsp3) is 0.333. The summed E-state index contributed by atoms with van der Waals surface area (Å²) in [5, 5.41) is 13.3. The third kappa shape index (κ3) is 2.61. The molecule has 1 aromatic heterocycles. The molecule has 3 rings (SSSR count). The van der Waals surface area contributed by atoms with Crippen LogP contribution in [-0.2, 0) is 5.75 Å². The number of aromatic hydroxyl groups is 1. The zero-order valence-electron chi connectivity index (χ0n) is 9.17. The molecule has 1 heterocycles. The quantitative estimate of drug-likeness (QED) is 0.843. The molecule has 17 heavy (non-hydrogen) atoms. The van der Waals surface area contributed by atoms with E-state index in [1.807, 2.05) is 12.1 Å². The van der Waals surface area contributed by atoms with Gasteiger partial charge in [0.15, 0.2) is 5.82 Å². The first-order valence-corrected chi connectivity index (χ1v) is 6.54. The molecular formula is C12H12N2O2S. The van der Waals surface area contributed by atoms with E-state index in [0.717, 1.165) is 10.7 Å². The lowest BCUT2D eigenvalue weighted by molar-refractivity contribution is 0.385. The van der Waals surface area contributed by atoms with E-state index in [1.165, 1.54) is 12.8 Å². The Kier molecular flexibility index (Phi) is 2.76. The van der Waals surface area contributed by atoms with Crippen LogP contribution < -0.4 is 0 Å². The zero-order valence-corrected chi connectivity index (χ0v) is 9.98. The summed E-state index contributed by atoms with van der Waals surface area (Å²) < 4.78 is 5.17. The molecule has 0 radical (unpaired) electrons. The summed E-state index contributed by atoms with van der Waals surface area (Å²) in [5.41, 5.74) is 0. The molecule has 1 aliphatic rings. The molecule has 4 nitrogen and oxygen atoms in total. The van der Waals surface area contributed by atoms with E-state index >= 15 is 0 Å². The number of benzene rings is 1. The second-order valence-electron chi connectivity index (χ2n) is 4.11. The van der Waals surface area contributed by atoms with Gasteiger partial charge >= 0.3 is 0 Å². The second-order valence-corrected chi connectivity index (χ2v) is 5.16. The van der Waals surface area contributed by atoms with E-state index in [9.17, 15) is 5.11 Å². The second kappa shape index (κ2) is 4.41. The number of rotatable bonds is 4. The smallest absolute Gasteiger partial charge is 0.237 e. The molecule has 1 N–H and O–H groups in total. The predicted octanol–water partition coefficient (Wildman–Crippen LogP) is 2.94. The van der Waals surface area contributed by atoms with Crippen molar-refractivity contribution in [3.05, 3.63) is 36.0 Å². The molecule has 1 fully saturated rings. The van der Waals surface area contributed by atoms with Crippen molar-refractivity contribution in [2.75, 3.05) is 0 Å². The Morgan fingerprint density at radius 3 is 3.06 bits per heavy atom. The summed E-state index contributed by atoms with van der Waals surface area (Å²) in [4.78, 5) is 5.35. The van der Waals surface area contributed by atoms with Crippen LogP contribution in [0.1, 0.15) is 30.5 Å². The third-order valence-corrected chi connectivity index (χ3v) is 3.58. The molecule has 1 aromatic carbocycles. The molecule has 0 atom stereocenters. The van der Waals surface area contributed by atoms with Gasteiger partial charge in [-0.2, -0.15) is 4.98 Å². The lowest BCUT2D eigenvalue weighted by Gasteiger charge is -1.98. The van der Waals surface area contributed by atoms with Crippen molar-refractivity contribution in [2.24, 2.45) is 0 Å². The zero-order chi connectivity index (χ0) is 11.7. The number of hydrogen-bond donors (Lipinski definition) is 1. The van der Waals surface area contributed by atoms with Crippen molar-refractivity contribution in [1.29, 1.82) is 0 Å². The molecular weight excluding hydrogens is 236 g/mol. The molecule has 1 saturated carbocycles. The maximum absolute atomic E-state index is 9.33. The molecule has 5 heteroatoms. The normalized spacial score (nSPS) is 15.1. The fourth-order valence-corrected chi connectivity index (χ4v) is 2.34. The Bertz CT molecular complexity index is 523. The van der Waals surface area contributed by atoms with Gasteiger partial charge in [-0.3, -0.25) is 0 Å². The summed E-state index contributed by atoms with van der Waals surface area (Å²) in [5.74, 6) is 2.94. The van der Waals surface area contributed by atoms with E-state index in [-0.39, 0.29) is 5.75 Å². The van der Waals surface area contributed by atoms with Gasteiger partial charge in [-0.15, -0.1) is 11.8 Å². The highest BCUT2D eigenvalue weighted by Crippen LogP contribution is 2.38. The van der Waals surface area contributed by atoms with Gasteiger partial charge in [0, 0.05) is 10.8 Å². The Hall–Kier alpha value is -1.49. The highest BCUT2D eigenvalue weighted by molar-refractivity contribution is 7.98. The number of hydrogen-bond acceptors (Lipinski definition) is 5. The molecule has 2 aromatic rings. The summed E-state index contributed by atoms with van der Waals surface area (Å²) in [6, 6.07) is 7.15. The van der Waals surface area contributed by atoms with Crippen LogP contribution in [0, 0.1) is 0 Å². The van der Waals surface area contributed by atoms with Gasteiger partial charge in [-0.25, -0.2) is 0 Å². The first-order valence-electron chi connectivity index (χ1n) is 5.55. The van der Waals surface area contributed by atoms with Crippen molar-refractivity contribution in [2.45, 2.75) is 29.4 Å². The first kappa shape index (κ1) is 10.7. The average Bonchev–Trinajstić information content (AvgIpc) is 3.07. The van der Waals surface area contributed by atoms with Gasteiger partial charge < -0.3 is 9.63 Å². The number of phenolic OH excluding ortho intramolecular Hbond substituents is 1. The third-order valence-electron chi connectivity index (χ3n) is 2.61. The largest absolute Gasteiger partial charge is 0.508 e. The number of thioether (sulfide) groups is 1. The minimum absolute atomic E-state index is 0.277. The van der Waals surface area contributed by atoms with Gasteiger partial charge in [0.05, 0.1) is 5.75 Å². The highest BCUT2D eigenvalue weighted by atomic mass is 32.2. The molecule has 0 spiro atoms. The molecule has 0 saturated heterocycles. The van der Waals surface area contributed by atoms with Crippen molar-refractivity contribution in [3.63, 3.8) is 0 Å². The summed E-state index contributed by atoms with van der Waals surface area (Å²) >= 11 is 1.58. The standard InChI is InChI=1S/C12H12N2O2S/c15-9-2-1-3-10(6-9)17-7-11-13-12(14-16-11)8-4-5-8/h1-3,6,8,15H,4-5,7H2. The SMILES string of the molecule is Oc1cccc(SCc2nc(C3CC3)no2)c1. The molecule has 0 aliphatic heterocycles. The van der Waals surface area contributed by atoms with Gasteiger partial charge in [-0.1, -0.05) is 11.2 Å². The topological polar surface area (TPSA) is 59.2 Å². The number of aromatic nitrogens is 2. The molecule has 0 unspecified atom stereocenters. The lowest BCUT2D eigenvalue weighted by Crippen LogP contribution is -1.84. The Morgan fingerprint density at radius 2 is 2.29 bits per heavy atom. The highest BCUT2D eigenvalue weighted by Gasteiger charge is 2.28. The Balaban J connectivity index is 1.62. The van der Waals surface area contributed by atoms with E-state index in [0.29, 0.717) is 17.6 Å². The number of phenols is 1. The van der Waals surface area contributed by atoms with E-state index < -0.39 is 0 Å². The van der Waals surface area contributed by atoms with Gasteiger partial charge in [-0.05, 0) is 31.0 Å². The minimum Gasteiger partial charge on any atom is -0.508 e. The Morgan fingerprint density at radius 1 is 1.41 bits per heavy atom. The minimum atomic E-state index is 0.277. The van der Waals surface area contributed by atoms with Crippen LogP contribution in [0.4, 0.5) is 0 Å².